The number of ether oxygens (including phenoxy) is 2. The van der Waals surface area contributed by atoms with E-state index in [1.807, 2.05) is 6.07 Å². The largest absolute Gasteiger partial charge is 0.479 e. The highest BCUT2D eigenvalue weighted by atomic mass is 16.5. The summed E-state index contributed by atoms with van der Waals surface area (Å²) in [6, 6.07) is 8.92. The van der Waals surface area contributed by atoms with Crippen LogP contribution in [0.3, 0.4) is 0 Å². The molecule has 1 rings (SSSR count). The number of carbonyl (C=O) groups is 1. The van der Waals surface area contributed by atoms with Crippen LogP contribution in [0.15, 0.2) is 30.3 Å². The van der Waals surface area contributed by atoms with Gasteiger partial charge in [0.1, 0.15) is 0 Å². The third kappa shape index (κ3) is 4.00. The second kappa shape index (κ2) is 6.98. The van der Waals surface area contributed by atoms with E-state index in [4.69, 9.17) is 14.6 Å². The van der Waals surface area contributed by atoms with Gasteiger partial charge in [0.05, 0.1) is 6.61 Å². The summed E-state index contributed by atoms with van der Waals surface area (Å²) in [6.07, 6.45) is -0.203. The van der Waals surface area contributed by atoms with E-state index in [2.05, 4.69) is 0 Å². The second-order valence-electron chi connectivity index (χ2n) is 3.35. The lowest BCUT2D eigenvalue weighted by Crippen LogP contribution is -2.16. The molecule has 0 heterocycles. The zero-order chi connectivity index (χ0) is 11.8. The van der Waals surface area contributed by atoms with Gasteiger partial charge in [-0.1, -0.05) is 30.3 Å². The molecule has 1 unspecified atom stereocenters. The molecule has 88 valence electrons. The van der Waals surface area contributed by atoms with Gasteiger partial charge in [-0.3, -0.25) is 0 Å². The molecule has 0 saturated carbocycles. The summed E-state index contributed by atoms with van der Waals surface area (Å²) in [5, 5.41) is 9.03. The van der Waals surface area contributed by atoms with Gasteiger partial charge < -0.3 is 14.6 Å². The number of rotatable bonds is 7. The number of carboxylic acid groups (broad SMARTS) is 1. The number of carboxylic acids is 1. The number of methoxy groups -OCH3 is 1. The number of hydrogen-bond acceptors (Lipinski definition) is 3. The minimum absolute atomic E-state index is 0.375. The van der Waals surface area contributed by atoms with Gasteiger partial charge in [0.15, 0.2) is 6.10 Å². The van der Waals surface area contributed by atoms with E-state index in [9.17, 15) is 4.79 Å². The van der Waals surface area contributed by atoms with Crippen molar-refractivity contribution in [3.05, 3.63) is 35.9 Å². The lowest BCUT2D eigenvalue weighted by molar-refractivity contribution is -0.151. The predicted molar refractivity (Wildman–Crippen MR) is 59.3 cm³/mol. The van der Waals surface area contributed by atoms with Crippen molar-refractivity contribution in [1.29, 1.82) is 0 Å². The van der Waals surface area contributed by atoms with E-state index in [0.29, 0.717) is 25.2 Å². The molecule has 0 aromatic heterocycles. The summed E-state index contributed by atoms with van der Waals surface area (Å²) < 4.78 is 10.2. The van der Waals surface area contributed by atoms with E-state index in [-0.39, 0.29) is 0 Å². The fourth-order valence-electron chi connectivity index (χ4n) is 1.34. The van der Waals surface area contributed by atoms with Gasteiger partial charge in [0.25, 0.3) is 0 Å². The van der Waals surface area contributed by atoms with Crippen LogP contribution >= 0.6 is 0 Å². The molecule has 0 saturated heterocycles. The van der Waals surface area contributed by atoms with E-state index >= 15 is 0 Å². The van der Waals surface area contributed by atoms with Crippen molar-refractivity contribution in [3.8, 4) is 0 Å². The van der Waals surface area contributed by atoms with Gasteiger partial charge >= 0.3 is 5.97 Å². The maximum atomic E-state index is 11.0. The standard InChI is InChI=1S/C12H16O4/c1-15-8-5-9-16-11(12(13)14)10-6-3-2-4-7-10/h2-4,6-7,11H,5,8-9H2,1H3,(H,13,14). The topological polar surface area (TPSA) is 55.8 Å². The van der Waals surface area contributed by atoms with Crippen molar-refractivity contribution in [2.24, 2.45) is 0 Å². The van der Waals surface area contributed by atoms with E-state index in [1.54, 1.807) is 31.4 Å². The first-order chi connectivity index (χ1) is 7.75. The summed E-state index contributed by atoms with van der Waals surface area (Å²) in [6.45, 7) is 0.945. The molecule has 0 radical (unpaired) electrons. The van der Waals surface area contributed by atoms with Crippen LogP contribution in [0.1, 0.15) is 18.1 Å². The fourth-order valence-corrected chi connectivity index (χ4v) is 1.34. The molecule has 1 aromatic rings. The molecule has 4 nitrogen and oxygen atoms in total. The third-order valence-electron chi connectivity index (χ3n) is 2.10. The van der Waals surface area contributed by atoms with Crippen LogP contribution in [0.2, 0.25) is 0 Å². The molecule has 0 aliphatic heterocycles. The summed E-state index contributed by atoms with van der Waals surface area (Å²) in [5.74, 6) is -0.969. The molecule has 0 aliphatic carbocycles. The molecule has 16 heavy (non-hydrogen) atoms. The molecular formula is C12H16O4. The molecule has 0 aliphatic rings. The Morgan fingerprint density at radius 3 is 2.56 bits per heavy atom. The van der Waals surface area contributed by atoms with Crippen LogP contribution in [0.25, 0.3) is 0 Å². The zero-order valence-corrected chi connectivity index (χ0v) is 9.26. The van der Waals surface area contributed by atoms with Crippen LogP contribution in [0.5, 0.6) is 0 Å². The first kappa shape index (κ1) is 12.7. The van der Waals surface area contributed by atoms with Crippen LogP contribution in [0.4, 0.5) is 0 Å². The number of aliphatic carboxylic acids is 1. The quantitative estimate of drug-likeness (QED) is 0.718. The fraction of sp³-hybridized carbons (Fsp3) is 0.417. The Morgan fingerprint density at radius 2 is 2.00 bits per heavy atom. The zero-order valence-electron chi connectivity index (χ0n) is 9.26. The lowest BCUT2D eigenvalue weighted by Gasteiger charge is -2.13. The van der Waals surface area contributed by atoms with Crippen molar-refractivity contribution < 1.29 is 19.4 Å². The summed E-state index contributed by atoms with van der Waals surface area (Å²) in [4.78, 5) is 11.0. The van der Waals surface area contributed by atoms with Gasteiger partial charge in [-0.05, 0) is 12.0 Å². The highest BCUT2D eigenvalue weighted by Crippen LogP contribution is 2.17. The minimum atomic E-state index is -0.969. The first-order valence-electron chi connectivity index (χ1n) is 5.14. The first-order valence-corrected chi connectivity index (χ1v) is 5.14. The van der Waals surface area contributed by atoms with Gasteiger partial charge in [-0.25, -0.2) is 4.79 Å². The van der Waals surface area contributed by atoms with Crippen molar-refractivity contribution in [2.45, 2.75) is 12.5 Å². The van der Waals surface area contributed by atoms with Crippen LogP contribution < -0.4 is 0 Å². The minimum Gasteiger partial charge on any atom is -0.479 e. The average molecular weight is 224 g/mol. The summed E-state index contributed by atoms with van der Waals surface area (Å²) in [5.41, 5.74) is 0.660. The van der Waals surface area contributed by atoms with Crippen molar-refractivity contribution in [2.75, 3.05) is 20.3 Å². The normalized spacial score (nSPS) is 12.3. The van der Waals surface area contributed by atoms with Crippen molar-refractivity contribution in [1.82, 2.24) is 0 Å². The Hall–Kier alpha value is -1.39. The second-order valence-corrected chi connectivity index (χ2v) is 3.35. The van der Waals surface area contributed by atoms with Gasteiger partial charge in [0.2, 0.25) is 0 Å². The van der Waals surface area contributed by atoms with Crippen LogP contribution in [-0.2, 0) is 14.3 Å². The Labute approximate surface area is 94.8 Å². The number of benzene rings is 1. The maximum Gasteiger partial charge on any atom is 0.337 e. The molecule has 1 N–H and O–H groups in total. The van der Waals surface area contributed by atoms with Crippen LogP contribution in [-0.4, -0.2) is 31.4 Å². The van der Waals surface area contributed by atoms with E-state index in [0.717, 1.165) is 0 Å². The molecule has 0 amide bonds. The molecule has 4 heteroatoms. The highest BCUT2D eigenvalue weighted by molar-refractivity contribution is 5.74. The predicted octanol–water partition coefficient (Wildman–Crippen LogP) is 1.87. The molecule has 0 bridgehead atoms. The van der Waals surface area contributed by atoms with Crippen LogP contribution in [0, 0.1) is 0 Å². The molecular weight excluding hydrogens is 208 g/mol. The molecule has 1 atom stereocenters. The Balaban J connectivity index is 2.52. The van der Waals surface area contributed by atoms with Gasteiger partial charge in [0, 0.05) is 13.7 Å². The lowest BCUT2D eigenvalue weighted by atomic mass is 10.1. The van der Waals surface area contributed by atoms with E-state index in [1.165, 1.54) is 0 Å². The smallest absolute Gasteiger partial charge is 0.337 e. The van der Waals surface area contributed by atoms with Gasteiger partial charge in [-0.15, -0.1) is 0 Å². The average Bonchev–Trinajstić information content (AvgIpc) is 2.30. The summed E-state index contributed by atoms with van der Waals surface area (Å²) in [7, 11) is 1.60. The summed E-state index contributed by atoms with van der Waals surface area (Å²) >= 11 is 0. The Bertz CT molecular complexity index is 310. The monoisotopic (exact) mass is 224 g/mol. The van der Waals surface area contributed by atoms with Crippen molar-refractivity contribution in [3.63, 3.8) is 0 Å². The van der Waals surface area contributed by atoms with E-state index < -0.39 is 12.1 Å². The molecule has 1 aromatic carbocycles. The van der Waals surface area contributed by atoms with Gasteiger partial charge in [-0.2, -0.15) is 0 Å². The molecule has 0 fully saturated rings. The Kier molecular flexibility index (Phi) is 5.53. The molecule has 0 spiro atoms. The SMILES string of the molecule is COCCCOC(C(=O)O)c1ccccc1. The number of hydrogen-bond donors (Lipinski definition) is 1. The Morgan fingerprint density at radius 1 is 1.31 bits per heavy atom. The highest BCUT2D eigenvalue weighted by Gasteiger charge is 2.19. The third-order valence-corrected chi connectivity index (χ3v) is 2.10. The van der Waals surface area contributed by atoms with Crippen molar-refractivity contribution >= 4 is 5.97 Å². The maximum absolute atomic E-state index is 11.0.